The number of benzene rings is 1. The molecule has 2 rings (SSSR count). The summed E-state index contributed by atoms with van der Waals surface area (Å²) in [5, 5.41) is 2.38. The molecule has 1 saturated heterocycles. The van der Waals surface area contributed by atoms with Crippen molar-refractivity contribution in [1.82, 2.24) is 10.2 Å². The molecule has 0 saturated carbocycles. The zero-order valence-electron chi connectivity index (χ0n) is 15.6. The van der Waals surface area contributed by atoms with Crippen molar-refractivity contribution in [3.63, 3.8) is 0 Å². The van der Waals surface area contributed by atoms with Crippen molar-refractivity contribution in [2.24, 2.45) is 5.92 Å². The normalized spacial score (nSPS) is 18.6. The fourth-order valence-corrected chi connectivity index (χ4v) is 2.70. The van der Waals surface area contributed by atoms with Gasteiger partial charge in [-0.2, -0.15) is 8.78 Å². The van der Waals surface area contributed by atoms with Gasteiger partial charge in [0, 0.05) is 25.6 Å². The van der Waals surface area contributed by atoms with E-state index in [1.165, 1.54) is 0 Å². The van der Waals surface area contributed by atoms with Crippen LogP contribution in [0.25, 0.3) is 0 Å². The summed E-state index contributed by atoms with van der Waals surface area (Å²) in [4.78, 5) is 37.4. The van der Waals surface area contributed by atoms with E-state index >= 15 is 0 Å². The van der Waals surface area contributed by atoms with Crippen molar-refractivity contribution in [2.75, 3.05) is 40.0 Å². The lowest BCUT2D eigenvalue weighted by Gasteiger charge is -2.22. The number of likely N-dealkylation sites (N-methyl/N-ethyl adjacent to an activating group) is 1. The summed E-state index contributed by atoms with van der Waals surface area (Å²) in [6.07, 6.45) is -0.0403. The fourth-order valence-electron chi connectivity index (χ4n) is 2.70. The Balaban J connectivity index is 2.04. The summed E-state index contributed by atoms with van der Waals surface area (Å²) in [6, 6.07) is -1.33. The fraction of sp³-hybridized carbons (Fsp3) is 0.500. The van der Waals surface area contributed by atoms with E-state index in [1.807, 2.05) is 4.90 Å². The second-order valence-corrected chi connectivity index (χ2v) is 6.55. The summed E-state index contributed by atoms with van der Waals surface area (Å²) < 4.78 is 63.5. The van der Waals surface area contributed by atoms with E-state index in [-0.39, 0.29) is 12.7 Å². The summed E-state index contributed by atoms with van der Waals surface area (Å²) >= 11 is 0. The molecular formula is C18H20F4N2O5. The minimum atomic E-state index is -1.80. The highest BCUT2D eigenvalue weighted by molar-refractivity contribution is 5.92. The second kappa shape index (κ2) is 10.3. The SMILES string of the molecule is CN1CCOCC(C(=O)NC(CC=O)C(=O)COc2c(F)c(F)cc(F)c2F)C1. The van der Waals surface area contributed by atoms with Crippen molar-refractivity contribution >= 4 is 18.0 Å². The van der Waals surface area contributed by atoms with Crippen molar-refractivity contribution in [3.8, 4) is 5.75 Å². The van der Waals surface area contributed by atoms with Gasteiger partial charge >= 0.3 is 0 Å². The van der Waals surface area contributed by atoms with Gasteiger partial charge in [0.05, 0.1) is 25.2 Å². The lowest BCUT2D eigenvalue weighted by Crippen LogP contribution is -2.48. The number of hydrogen-bond acceptors (Lipinski definition) is 6. The largest absolute Gasteiger partial charge is 0.479 e. The number of carbonyl (C=O) groups excluding carboxylic acids is 3. The molecular weight excluding hydrogens is 400 g/mol. The summed E-state index contributed by atoms with van der Waals surface area (Å²) in [6.45, 7) is 0.523. The molecule has 1 aromatic rings. The maximum Gasteiger partial charge on any atom is 0.227 e. The molecule has 160 valence electrons. The number of aldehydes is 1. The Morgan fingerprint density at radius 2 is 1.97 bits per heavy atom. The number of nitrogens with zero attached hydrogens (tertiary/aromatic N) is 1. The average molecular weight is 420 g/mol. The molecule has 2 unspecified atom stereocenters. The van der Waals surface area contributed by atoms with E-state index in [4.69, 9.17) is 4.74 Å². The molecule has 1 aliphatic rings. The van der Waals surface area contributed by atoms with E-state index in [1.54, 1.807) is 7.05 Å². The van der Waals surface area contributed by atoms with Gasteiger partial charge in [0.2, 0.25) is 17.5 Å². The molecule has 2 atom stereocenters. The highest BCUT2D eigenvalue weighted by Gasteiger charge is 2.29. The second-order valence-electron chi connectivity index (χ2n) is 6.55. The van der Waals surface area contributed by atoms with Crippen LogP contribution in [-0.4, -0.2) is 68.9 Å². The molecule has 11 heteroatoms. The number of ketones is 1. The van der Waals surface area contributed by atoms with Crippen LogP contribution < -0.4 is 10.1 Å². The molecule has 7 nitrogen and oxygen atoms in total. The molecule has 0 radical (unpaired) electrons. The van der Waals surface area contributed by atoms with Crippen LogP contribution in [-0.2, 0) is 19.1 Å². The Bertz CT molecular complexity index is 751. The standard InChI is InChI=1S/C18H20F4N2O5/c1-24-3-5-28-8-10(7-24)18(27)23-13(2-4-25)14(26)9-29-17-15(21)11(19)6-12(20)16(17)22/h4,6,10,13H,2-3,5,7-9H2,1H3,(H,23,27). The number of halogens is 4. The van der Waals surface area contributed by atoms with Crippen molar-refractivity contribution in [1.29, 1.82) is 0 Å². The zero-order chi connectivity index (χ0) is 21.6. The Hall–Kier alpha value is -2.53. The smallest absolute Gasteiger partial charge is 0.227 e. The number of nitrogens with one attached hydrogen (secondary N) is 1. The van der Waals surface area contributed by atoms with Crippen molar-refractivity contribution in [3.05, 3.63) is 29.3 Å². The van der Waals surface area contributed by atoms with Gasteiger partial charge in [-0.1, -0.05) is 0 Å². The number of ether oxygens (including phenoxy) is 2. The van der Waals surface area contributed by atoms with E-state index in [0.29, 0.717) is 26.0 Å². The van der Waals surface area contributed by atoms with Gasteiger partial charge in [-0.05, 0) is 7.05 Å². The molecule has 0 spiro atoms. The minimum absolute atomic E-state index is 0.000593. The lowest BCUT2D eigenvalue weighted by atomic mass is 10.1. The quantitative estimate of drug-likeness (QED) is 0.381. The van der Waals surface area contributed by atoms with Gasteiger partial charge in [-0.25, -0.2) is 8.78 Å². The van der Waals surface area contributed by atoms with Crippen molar-refractivity contribution < 1.29 is 41.4 Å². The van der Waals surface area contributed by atoms with E-state index in [0.717, 1.165) is 0 Å². The van der Waals surface area contributed by atoms with E-state index < -0.39 is 65.7 Å². The molecule has 1 fully saturated rings. The Labute approximate surface area is 163 Å². The Kier molecular flexibility index (Phi) is 8.09. The van der Waals surface area contributed by atoms with Crippen LogP contribution in [0.1, 0.15) is 6.42 Å². The van der Waals surface area contributed by atoms with E-state index in [2.05, 4.69) is 10.1 Å². The van der Waals surface area contributed by atoms with Crippen LogP contribution in [0.3, 0.4) is 0 Å². The average Bonchev–Trinajstić information content (AvgIpc) is 2.90. The van der Waals surface area contributed by atoms with Gasteiger partial charge in [0.15, 0.2) is 23.2 Å². The van der Waals surface area contributed by atoms with Crippen LogP contribution in [0, 0.1) is 29.2 Å². The number of rotatable bonds is 8. The van der Waals surface area contributed by atoms with E-state index in [9.17, 15) is 31.9 Å². The third-order valence-electron chi connectivity index (χ3n) is 4.31. The van der Waals surface area contributed by atoms with Crippen LogP contribution >= 0.6 is 0 Å². The van der Waals surface area contributed by atoms with Gasteiger partial charge in [0.25, 0.3) is 0 Å². The van der Waals surface area contributed by atoms with Crippen LogP contribution in [0.2, 0.25) is 0 Å². The highest BCUT2D eigenvalue weighted by Crippen LogP contribution is 2.26. The molecule has 1 N–H and O–H groups in total. The van der Waals surface area contributed by atoms with Gasteiger partial charge in [-0.3, -0.25) is 9.59 Å². The van der Waals surface area contributed by atoms with Gasteiger partial charge < -0.3 is 24.5 Å². The lowest BCUT2D eigenvalue weighted by molar-refractivity contribution is -0.132. The Morgan fingerprint density at radius 1 is 1.31 bits per heavy atom. The minimum Gasteiger partial charge on any atom is -0.479 e. The maximum atomic E-state index is 13.6. The highest BCUT2D eigenvalue weighted by atomic mass is 19.2. The number of Topliss-reactive ketones (excluding diaryl/α,β-unsaturated/α-hetero) is 1. The summed E-state index contributed by atoms with van der Waals surface area (Å²) in [5.74, 6) is -10.4. The molecule has 1 aliphatic heterocycles. The monoisotopic (exact) mass is 420 g/mol. The maximum absolute atomic E-state index is 13.6. The van der Waals surface area contributed by atoms with Crippen LogP contribution in [0.4, 0.5) is 17.6 Å². The van der Waals surface area contributed by atoms with Gasteiger partial charge in [-0.15, -0.1) is 0 Å². The molecule has 1 amide bonds. The zero-order valence-corrected chi connectivity index (χ0v) is 15.6. The Morgan fingerprint density at radius 3 is 2.59 bits per heavy atom. The third-order valence-corrected chi connectivity index (χ3v) is 4.31. The first-order valence-electron chi connectivity index (χ1n) is 8.73. The first kappa shape index (κ1) is 22.8. The molecule has 1 aromatic carbocycles. The van der Waals surface area contributed by atoms with Crippen LogP contribution in [0.5, 0.6) is 5.75 Å². The number of carbonyl (C=O) groups is 3. The first-order chi connectivity index (χ1) is 13.7. The molecule has 0 aliphatic carbocycles. The predicted molar refractivity (Wildman–Crippen MR) is 91.2 cm³/mol. The summed E-state index contributed by atoms with van der Waals surface area (Å²) in [7, 11) is 1.79. The molecule has 1 heterocycles. The molecule has 29 heavy (non-hydrogen) atoms. The van der Waals surface area contributed by atoms with Crippen molar-refractivity contribution in [2.45, 2.75) is 12.5 Å². The first-order valence-corrected chi connectivity index (χ1v) is 8.73. The molecule has 0 bridgehead atoms. The summed E-state index contributed by atoms with van der Waals surface area (Å²) in [5.41, 5.74) is 0. The van der Waals surface area contributed by atoms with Crippen LogP contribution in [0.15, 0.2) is 6.07 Å². The van der Waals surface area contributed by atoms with Gasteiger partial charge in [0.1, 0.15) is 12.9 Å². The molecule has 0 aromatic heterocycles. The number of amides is 1. The predicted octanol–water partition coefficient (Wildman–Crippen LogP) is 0.843. The topological polar surface area (TPSA) is 84.9 Å². The number of hydrogen-bond donors (Lipinski definition) is 1. The third kappa shape index (κ3) is 5.97.